The maximum atomic E-state index is 7.01. The molecular formula is C55H30N4O2. The van der Waals surface area contributed by atoms with E-state index in [1.807, 2.05) is 72.8 Å². The van der Waals surface area contributed by atoms with Crippen LogP contribution in [0, 0.1) is 0 Å². The Labute approximate surface area is 346 Å². The van der Waals surface area contributed by atoms with E-state index < -0.39 is 0 Å². The van der Waals surface area contributed by atoms with Crippen LogP contribution in [0.2, 0.25) is 0 Å². The summed E-state index contributed by atoms with van der Waals surface area (Å²) < 4.78 is 15.7. The van der Waals surface area contributed by atoms with Crippen molar-refractivity contribution in [3.63, 3.8) is 0 Å². The van der Waals surface area contributed by atoms with E-state index in [1.165, 1.54) is 43.1 Å². The van der Waals surface area contributed by atoms with E-state index in [0.717, 1.165) is 77.3 Å². The van der Waals surface area contributed by atoms with Crippen molar-refractivity contribution in [2.24, 2.45) is 0 Å². The molecule has 4 heterocycles. The highest BCUT2D eigenvalue weighted by Gasteiger charge is 2.26. The Hall–Kier alpha value is -8.35. The second kappa shape index (κ2) is 12.1. The molecule has 0 aliphatic rings. The van der Waals surface area contributed by atoms with Crippen molar-refractivity contribution in [1.29, 1.82) is 0 Å². The highest BCUT2D eigenvalue weighted by molar-refractivity contribution is 6.39. The molecule has 0 aliphatic carbocycles. The molecule has 0 aliphatic heterocycles. The third kappa shape index (κ3) is 4.48. The lowest BCUT2D eigenvalue weighted by Gasteiger charge is -2.13. The fraction of sp³-hybridized carbons (Fsp3) is 0. The molecule has 0 saturated carbocycles. The molecule has 0 unspecified atom stereocenters. The first-order valence-corrected chi connectivity index (χ1v) is 20.5. The predicted octanol–water partition coefficient (Wildman–Crippen LogP) is 14.7. The highest BCUT2D eigenvalue weighted by atomic mass is 16.3. The summed E-state index contributed by atoms with van der Waals surface area (Å²) in [6.07, 6.45) is 0. The van der Waals surface area contributed by atoms with Gasteiger partial charge in [-0.25, -0.2) is 15.0 Å². The number of furan rings is 2. The number of hydrogen-bond donors (Lipinski definition) is 0. The van der Waals surface area contributed by atoms with Gasteiger partial charge >= 0.3 is 0 Å². The Morgan fingerprint density at radius 3 is 1.75 bits per heavy atom. The molecule has 14 aromatic rings. The minimum Gasteiger partial charge on any atom is -0.456 e. The zero-order valence-corrected chi connectivity index (χ0v) is 32.4. The van der Waals surface area contributed by atoms with Gasteiger partial charge in [-0.1, -0.05) is 140 Å². The monoisotopic (exact) mass is 778 g/mol. The number of aromatic nitrogens is 4. The van der Waals surface area contributed by atoms with Gasteiger partial charge in [0.2, 0.25) is 0 Å². The van der Waals surface area contributed by atoms with Crippen LogP contribution in [0.15, 0.2) is 191 Å². The summed E-state index contributed by atoms with van der Waals surface area (Å²) in [5.41, 5.74) is 9.01. The van der Waals surface area contributed by atoms with Gasteiger partial charge < -0.3 is 13.4 Å². The van der Waals surface area contributed by atoms with Gasteiger partial charge in [0.05, 0.1) is 16.7 Å². The minimum atomic E-state index is 0.558. The Morgan fingerprint density at radius 1 is 0.344 bits per heavy atom. The van der Waals surface area contributed by atoms with Gasteiger partial charge in [0, 0.05) is 54.4 Å². The highest BCUT2D eigenvalue weighted by Crippen LogP contribution is 2.48. The lowest BCUT2D eigenvalue weighted by Crippen LogP contribution is -2.01. The van der Waals surface area contributed by atoms with E-state index in [4.69, 9.17) is 23.8 Å². The first-order valence-electron chi connectivity index (χ1n) is 20.5. The number of nitrogens with zero attached hydrogens (tertiary/aromatic N) is 4. The second-order valence-corrected chi connectivity index (χ2v) is 15.8. The number of fused-ring (bicyclic) bond motifs is 11. The van der Waals surface area contributed by atoms with Crippen LogP contribution in [0.25, 0.3) is 138 Å². The SMILES string of the molecule is c1ccc(-c2nc(-c3cccc4oc5ccccc5c34)nc(-c3ccc(-n4c5cccc6c7ccccc7c7c8ccccc8cc4c7c65)c4oc5ccccc5c34)n2)cc1. The Balaban J connectivity index is 1.10. The fourth-order valence-electron chi connectivity index (χ4n) is 10.1. The van der Waals surface area contributed by atoms with Gasteiger partial charge in [-0.2, -0.15) is 0 Å². The van der Waals surface area contributed by atoms with Crippen molar-refractivity contribution in [1.82, 2.24) is 19.5 Å². The smallest absolute Gasteiger partial charge is 0.164 e. The Morgan fingerprint density at radius 2 is 0.934 bits per heavy atom. The summed E-state index contributed by atoms with van der Waals surface area (Å²) in [4.78, 5) is 15.8. The molecule has 6 nitrogen and oxygen atoms in total. The third-order valence-electron chi connectivity index (χ3n) is 12.6. The average molecular weight is 779 g/mol. The van der Waals surface area contributed by atoms with Crippen molar-refractivity contribution < 1.29 is 8.83 Å². The van der Waals surface area contributed by atoms with E-state index in [0.29, 0.717) is 17.5 Å². The average Bonchev–Trinajstić information content (AvgIpc) is 4.01. The molecule has 14 rings (SSSR count). The summed E-state index contributed by atoms with van der Waals surface area (Å²) in [5, 5.41) is 13.9. The maximum Gasteiger partial charge on any atom is 0.164 e. The first-order chi connectivity index (χ1) is 30.3. The van der Waals surface area contributed by atoms with Gasteiger partial charge in [0.25, 0.3) is 0 Å². The zero-order valence-electron chi connectivity index (χ0n) is 32.4. The first kappa shape index (κ1) is 32.6. The summed E-state index contributed by atoms with van der Waals surface area (Å²) in [6.45, 7) is 0. The number of benzene rings is 10. The fourth-order valence-corrected chi connectivity index (χ4v) is 10.1. The molecule has 0 bridgehead atoms. The summed E-state index contributed by atoms with van der Waals surface area (Å²) >= 11 is 0. The molecule has 0 radical (unpaired) electrons. The van der Waals surface area contributed by atoms with Crippen LogP contribution < -0.4 is 0 Å². The zero-order chi connectivity index (χ0) is 39.8. The lowest BCUT2D eigenvalue weighted by atomic mass is 9.91. The Bertz CT molecular complexity index is 4110. The Kier molecular flexibility index (Phi) is 6.46. The molecule has 6 heteroatoms. The quantitative estimate of drug-likeness (QED) is 0.166. The van der Waals surface area contributed by atoms with Crippen molar-refractivity contribution >= 4 is 98.0 Å². The molecule has 282 valence electrons. The van der Waals surface area contributed by atoms with Crippen molar-refractivity contribution in [2.45, 2.75) is 0 Å². The van der Waals surface area contributed by atoms with E-state index in [-0.39, 0.29) is 0 Å². The minimum absolute atomic E-state index is 0.558. The molecule has 0 fully saturated rings. The van der Waals surface area contributed by atoms with Gasteiger partial charge in [-0.15, -0.1) is 0 Å². The number of para-hydroxylation sites is 2. The van der Waals surface area contributed by atoms with Gasteiger partial charge in [0.15, 0.2) is 23.1 Å². The van der Waals surface area contributed by atoms with Crippen LogP contribution >= 0.6 is 0 Å². The van der Waals surface area contributed by atoms with E-state index in [9.17, 15) is 0 Å². The van der Waals surface area contributed by atoms with Crippen LogP contribution in [0.3, 0.4) is 0 Å². The molecule has 61 heavy (non-hydrogen) atoms. The molecule has 4 aromatic heterocycles. The third-order valence-corrected chi connectivity index (χ3v) is 12.6. The van der Waals surface area contributed by atoms with Crippen molar-refractivity contribution in [3.8, 4) is 39.9 Å². The standard InChI is InChI=1S/C55H30N4O2/c1-2-14-31(15-3-1)53-56-54(39-23-13-27-46-47(39)37-20-8-10-25-44(37)60-46)58-55(57-53)40-28-29-42(52-49(40)38-21-9-11-26-45(38)61-52)59-41-24-12-22-36-34-18-6-7-19-35(34)48-33-17-5-4-16-32(33)30-43(59)51(48)50(36)41/h1-30H. The van der Waals surface area contributed by atoms with Crippen LogP contribution in [-0.4, -0.2) is 19.5 Å². The van der Waals surface area contributed by atoms with E-state index in [2.05, 4.69) is 114 Å². The predicted molar refractivity (Wildman–Crippen MR) is 249 cm³/mol. The molecule has 10 aromatic carbocycles. The lowest BCUT2D eigenvalue weighted by molar-refractivity contribution is 0.666. The number of hydrogen-bond acceptors (Lipinski definition) is 5. The summed E-state index contributed by atoms with van der Waals surface area (Å²) in [5.74, 6) is 1.71. The largest absolute Gasteiger partial charge is 0.456 e. The normalized spacial score (nSPS) is 12.3. The summed E-state index contributed by atoms with van der Waals surface area (Å²) in [6, 6.07) is 63.6. The molecule has 0 spiro atoms. The van der Waals surface area contributed by atoms with Crippen LogP contribution in [0.5, 0.6) is 0 Å². The van der Waals surface area contributed by atoms with Crippen molar-refractivity contribution in [3.05, 3.63) is 182 Å². The van der Waals surface area contributed by atoms with Crippen LogP contribution in [0.1, 0.15) is 0 Å². The van der Waals surface area contributed by atoms with Crippen LogP contribution in [0.4, 0.5) is 0 Å². The topological polar surface area (TPSA) is 69.9 Å². The second-order valence-electron chi connectivity index (χ2n) is 15.8. The van der Waals surface area contributed by atoms with E-state index in [1.54, 1.807) is 0 Å². The van der Waals surface area contributed by atoms with Gasteiger partial charge in [0.1, 0.15) is 16.7 Å². The molecule has 0 saturated heterocycles. The van der Waals surface area contributed by atoms with Crippen LogP contribution in [-0.2, 0) is 0 Å². The molecule has 0 amide bonds. The van der Waals surface area contributed by atoms with Gasteiger partial charge in [-0.3, -0.25) is 0 Å². The van der Waals surface area contributed by atoms with E-state index >= 15 is 0 Å². The molecule has 0 N–H and O–H groups in total. The molecular weight excluding hydrogens is 749 g/mol. The summed E-state index contributed by atoms with van der Waals surface area (Å²) in [7, 11) is 0. The maximum absolute atomic E-state index is 7.01. The van der Waals surface area contributed by atoms with Gasteiger partial charge in [-0.05, 0) is 69.4 Å². The number of rotatable bonds is 4. The van der Waals surface area contributed by atoms with Crippen molar-refractivity contribution in [2.75, 3.05) is 0 Å². The molecule has 0 atom stereocenters.